The monoisotopic (exact) mass is 470 g/mol. The van der Waals surface area contributed by atoms with Crippen LogP contribution in [0.5, 0.6) is 0 Å². The van der Waals surface area contributed by atoms with Gasteiger partial charge < -0.3 is 0 Å². The summed E-state index contributed by atoms with van der Waals surface area (Å²) >= 11 is 0. The van der Waals surface area contributed by atoms with Crippen LogP contribution in [0.1, 0.15) is 0 Å². The zero-order valence-electron chi connectivity index (χ0n) is 17.6. The first-order chi connectivity index (χ1) is 15.4. The van der Waals surface area contributed by atoms with E-state index in [4.69, 9.17) is 0 Å². The Bertz CT molecular complexity index is 1220. The van der Waals surface area contributed by atoms with Crippen LogP contribution in [0, 0.1) is 0 Å². The Morgan fingerprint density at radius 3 is 0.844 bits per heavy atom. The van der Waals surface area contributed by atoms with Crippen molar-refractivity contribution >= 4 is 28.5 Å². The van der Waals surface area contributed by atoms with Crippen molar-refractivity contribution in [3.8, 4) is 22.3 Å². The molecular formula is C30H23FeP. The van der Waals surface area contributed by atoms with Gasteiger partial charge in [-0.1, -0.05) is 0 Å². The number of hydrogen-bond donors (Lipinski definition) is 0. The summed E-state index contributed by atoms with van der Waals surface area (Å²) in [5.41, 5.74) is 5.05. The summed E-state index contributed by atoms with van der Waals surface area (Å²) < 4.78 is 0. The summed E-state index contributed by atoms with van der Waals surface area (Å²) in [4.78, 5) is 0. The SMILES string of the molecule is [Fe].c1ccc([PH]2(c3ccccc3)c3ccc(cc3)-c3ccc(cc3)-c3ccc2cc3)cc1. The van der Waals surface area contributed by atoms with E-state index in [1.807, 2.05) is 0 Å². The summed E-state index contributed by atoms with van der Waals surface area (Å²) in [6, 6.07) is 49.8. The van der Waals surface area contributed by atoms with Crippen LogP contribution >= 0.6 is 7.26 Å². The molecule has 6 bridgehead atoms. The van der Waals surface area contributed by atoms with Gasteiger partial charge >= 0.3 is 184 Å². The van der Waals surface area contributed by atoms with Gasteiger partial charge in [0, 0.05) is 17.1 Å². The summed E-state index contributed by atoms with van der Waals surface area (Å²) in [5, 5.41) is 5.65. The molecule has 0 saturated carbocycles. The van der Waals surface area contributed by atoms with Gasteiger partial charge in [-0.3, -0.25) is 0 Å². The Hall–Kier alpha value is -2.95. The molecule has 5 aliphatic rings. The van der Waals surface area contributed by atoms with Crippen molar-refractivity contribution in [2.24, 2.45) is 0 Å². The third kappa shape index (κ3) is 3.26. The molecule has 5 aromatic rings. The molecule has 0 unspecified atom stereocenters. The summed E-state index contributed by atoms with van der Waals surface area (Å²) in [5.74, 6) is 0. The van der Waals surface area contributed by atoms with Crippen molar-refractivity contribution in [3.05, 3.63) is 133 Å². The first kappa shape index (κ1) is 20.9. The Morgan fingerprint density at radius 2 is 0.531 bits per heavy atom. The van der Waals surface area contributed by atoms with Gasteiger partial charge in [0.2, 0.25) is 0 Å². The van der Waals surface area contributed by atoms with Gasteiger partial charge in [-0.15, -0.1) is 0 Å². The molecule has 10 rings (SSSR count). The standard InChI is InChI=1S/C30H23P.Fe/c1-3-7-27(8-4-1)31(28-9-5-2-6-10-28)29-19-15-25(16-20-29)23-11-12-24(14-13-23)26-17-21-30(31)22-18-26;/h1-22,31H;. The molecule has 5 aromatic carbocycles. The van der Waals surface area contributed by atoms with Gasteiger partial charge in [0.25, 0.3) is 0 Å². The van der Waals surface area contributed by atoms with Crippen molar-refractivity contribution in [1.82, 2.24) is 0 Å². The number of benzene rings is 5. The Kier molecular flexibility index (Phi) is 5.58. The fraction of sp³-hybridized carbons (Fsp3) is 0. The van der Waals surface area contributed by atoms with E-state index < -0.39 is 7.26 Å². The van der Waals surface area contributed by atoms with Crippen LogP contribution in [-0.4, -0.2) is 0 Å². The Labute approximate surface area is 200 Å². The molecule has 0 fully saturated rings. The van der Waals surface area contributed by atoms with E-state index in [1.54, 1.807) is 0 Å². The maximum absolute atomic E-state index is 2.43. The van der Waals surface area contributed by atoms with E-state index in [2.05, 4.69) is 133 Å². The molecule has 5 heterocycles. The molecule has 0 aromatic heterocycles. The minimum absolute atomic E-state index is 0. The van der Waals surface area contributed by atoms with Crippen LogP contribution in [0.4, 0.5) is 0 Å². The van der Waals surface area contributed by atoms with E-state index in [1.165, 1.54) is 43.5 Å². The fourth-order valence-electron chi connectivity index (χ4n) is 5.06. The van der Waals surface area contributed by atoms with Gasteiger partial charge in [-0.2, -0.15) is 0 Å². The second-order valence-electron chi connectivity index (χ2n) is 8.21. The van der Waals surface area contributed by atoms with Crippen LogP contribution in [0.3, 0.4) is 0 Å². The molecule has 156 valence electrons. The Morgan fingerprint density at radius 1 is 0.281 bits per heavy atom. The zero-order chi connectivity index (χ0) is 20.7. The van der Waals surface area contributed by atoms with Crippen LogP contribution < -0.4 is 21.2 Å². The molecule has 0 N–H and O–H groups in total. The van der Waals surface area contributed by atoms with Crippen molar-refractivity contribution in [2.75, 3.05) is 0 Å². The van der Waals surface area contributed by atoms with Gasteiger partial charge in [-0.05, 0) is 0 Å². The third-order valence-corrected chi connectivity index (χ3v) is 11.4. The molecule has 0 spiro atoms. The van der Waals surface area contributed by atoms with E-state index in [0.29, 0.717) is 0 Å². The third-order valence-electron chi connectivity index (χ3n) is 6.60. The normalized spacial score (nSPS) is 14.0. The first-order valence-corrected chi connectivity index (χ1v) is 12.8. The number of fused-ring (bicyclic) bond motifs is 1. The summed E-state index contributed by atoms with van der Waals surface area (Å²) in [6.45, 7) is 0. The zero-order valence-corrected chi connectivity index (χ0v) is 19.7. The topological polar surface area (TPSA) is 0 Å². The number of hydrogen-bond acceptors (Lipinski definition) is 0. The van der Waals surface area contributed by atoms with E-state index >= 15 is 0 Å². The minimum atomic E-state index is -2.43. The molecule has 0 aliphatic carbocycles. The first-order valence-electron chi connectivity index (χ1n) is 10.8. The summed E-state index contributed by atoms with van der Waals surface area (Å²) in [6.07, 6.45) is 0. The molecule has 5 aliphatic heterocycles. The maximum atomic E-state index is 2.36. The number of rotatable bonds is 2. The molecule has 0 atom stereocenters. The molecule has 0 saturated heterocycles. The van der Waals surface area contributed by atoms with Crippen molar-refractivity contribution in [2.45, 2.75) is 0 Å². The quantitative estimate of drug-likeness (QED) is 0.226. The van der Waals surface area contributed by atoms with Crippen LogP contribution in [0.15, 0.2) is 133 Å². The van der Waals surface area contributed by atoms with Crippen LogP contribution in [-0.2, 0) is 17.1 Å². The Balaban J connectivity index is 0.00000216. The average Bonchev–Trinajstić information content (AvgIpc) is 2.90. The predicted octanol–water partition coefficient (Wildman–Crippen LogP) is 5.68. The second kappa shape index (κ2) is 8.53. The summed E-state index contributed by atoms with van der Waals surface area (Å²) in [7, 11) is -2.43. The van der Waals surface area contributed by atoms with Crippen molar-refractivity contribution in [3.63, 3.8) is 0 Å². The fourth-order valence-corrected chi connectivity index (χ4v) is 9.78. The predicted molar refractivity (Wildman–Crippen MR) is 137 cm³/mol. The molecular weight excluding hydrogens is 447 g/mol. The van der Waals surface area contributed by atoms with Gasteiger partial charge in [0.05, 0.1) is 0 Å². The van der Waals surface area contributed by atoms with E-state index in [-0.39, 0.29) is 17.1 Å². The molecule has 0 radical (unpaired) electrons. The van der Waals surface area contributed by atoms with Crippen molar-refractivity contribution in [1.29, 1.82) is 0 Å². The van der Waals surface area contributed by atoms with Gasteiger partial charge in [-0.25, -0.2) is 0 Å². The molecule has 32 heavy (non-hydrogen) atoms. The van der Waals surface area contributed by atoms with Crippen LogP contribution in [0.25, 0.3) is 22.3 Å². The molecule has 0 amide bonds. The van der Waals surface area contributed by atoms with Crippen molar-refractivity contribution < 1.29 is 17.1 Å². The molecule has 2 heteroatoms. The van der Waals surface area contributed by atoms with E-state index in [9.17, 15) is 0 Å². The van der Waals surface area contributed by atoms with Gasteiger partial charge in [0.1, 0.15) is 0 Å². The van der Waals surface area contributed by atoms with E-state index in [0.717, 1.165) is 0 Å². The second-order valence-corrected chi connectivity index (χ2v) is 12.0. The molecule has 0 nitrogen and oxygen atoms in total. The van der Waals surface area contributed by atoms with Crippen LogP contribution in [0.2, 0.25) is 0 Å². The van der Waals surface area contributed by atoms with Gasteiger partial charge in [0.15, 0.2) is 0 Å². The average molecular weight is 470 g/mol.